The minimum Gasteiger partial charge on any atom is -0.450 e. The first-order chi connectivity index (χ1) is 10.6. The van der Waals surface area contributed by atoms with Crippen LogP contribution < -0.4 is 10.6 Å². The second kappa shape index (κ2) is 5.86. The van der Waals surface area contributed by atoms with Gasteiger partial charge in [0.2, 0.25) is 0 Å². The van der Waals surface area contributed by atoms with Crippen LogP contribution >= 0.6 is 11.8 Å². The SMILES string of the molecule is O=C1NC(=O)C(=Cc2ccc(Sc3ccccn3)o2)C(=O)N1. The van der Waals surface area contributed by atoms with Gasteiger partial charge in [-0.15, -0.1) is 0 Å². The number of urea groups is 1. The number of amides is 4. The van der Waals surface area contributed by atoms with Crippen LogP contribution in [-0.2, 0) is 9.59 Å². The highest BCUT2D eigenvalue weighted by atomic mass is 32.2. The Bertz CT molecular complexity index is 760. The van der Waals surface area contributed by atoms with Crippen LogP contribution in [0.15, 0.2) is 56.6 Å². The van der Waals surface area contributed by atoms with Crippen molar-refractivity contribution in [1.29, 1.82) is 0 Å². The second-order valence-electron chi connectivity index (χ2n) is 4.22. The minimum absolute atomic E-state index is 0.191. The van der Waals surface area contributed by atoms with E-state index in [1.54, 1.807) is 18.3 Å². The lowest BCUT2D eigenvalue weighted by Crippen LogP contribution is -2.51. The topological polar surface area (TPSA) is 101 Å². The van der Waals surface area contributed by atoms with E-state index in [0.29, 0.717) is 10.9 Å². The molecule has 0 saturated carbocycles. The van der Waals surface area contributed by atoms with Gasteiger partial charge in [-0.1, -0.05) is 6.07 Å². The Morgan fingerprint density at radius 1 is 1.05 bits per heavy atom. The van der Waals surface area contributed by atoms with E-state index in [-0.39, 0.29) is 5.57 Å². The van der Waals surface area contributed by atoms with Gasteiger partial charge in [-0.2, -0.15) is 0 Å². The van der Waals surface area contributed by atoms with Crippen molar-refractivity contribution in [2.45, 2.75) is 10.1 Å². The zero-order valence-corrected chi connectivity index (χ0v) is 11.8. The van der Waals surface area contributed by atoms with Crippen molar-refractivity contribution >= 4 is 35.7 Å². The van der Waals surface area contributed by atoms with Gasteiger partial charge < -0.3 is 4.42 Å². The Labute approximate surface area is 128 Å². The number of hydrogen-bond donors (Lipinski definition) is 2. The molecule has 22 heavy (non-hydrogen) atoms. The lowest BCUT2D eigenvalue weighted by molar-refractivity contribution is -0.123. The summed E-state index contributed by atoms with van der Waals surface area (Å²) in [6.07, 6.45) is 2.95. The smallest absolute Gasteiger partial charge is 0.328 e. The van der Waals surface area contributed by atoms with Gasteiger partial charge in [0, 0.05) is 6.20 Å². The second-order valence-corrected chi connectivity index (χ2v) is 5.25. The molecule has 2 aromatic rings. The third-order valence-electron chi connectivity index (χ3n) is 2.68. The monoisotopic (exact) mass is 315 g/mol. The maximum absolute atomic E-state index is 11.6. The summed E-state index contributed by atoms with van der Waals surface area (Å²) in [4.78, 5) is 38.3. The number of furan rings is 1. The molecule has 1 fully saturated rings. The Morgan fingerprint density at radius 3 is 2.50 bits per heavy atom. The maximum atomic E-state index is 11.6. The fraction of sp³-hybridized carbons (Fsp3) is 0. The summed E-state index contributed by atoms with van der Waals surface area (Å²) in [5, 5.41) is 5.31. The third-order valence-corrected chi connectivity index (χ3v) is 3.55. The van der Waals surface area contributed by atoms with Crippen LogP contribution in [0.2, 0.25) is 0 Å². The van der Waals surface area contributed by atoms with E-state index in [0.717, 1.165) is 5.03 Å². The molecule has 0 spiro atoms. The van der Waals surface area contributed by atoms with Crippen LogP contribution in [0.1, 0.15) is 5.76 Å². The molecule has 0 aromatic carbocycles. The summed E-state index contributed by atoms with van der Waals surface area (Å²) < 4.78 is 5.52. The summed E-state index contributed by atoms with van der Waals surface area (Å²) in [6, 6.07) is 7.99. The number of carbonyl (C=O) groups excluding carboxylic acids is 3. The fourth-order valence-corrected chi connectivity index (χ4v) is 2.47. The van der Waals surface area contributed by atoms with Crippen molar-refractivity contribution < 1.29 is 18.8 Å². The predicted octanol–water partition coefficient (Wildman–Crippen LogP) is 1.58. The number of hydrogen-bond acceptors (Lipinski definition) is 6. The van der Waals surface area contributed by atoms with E-state index in [9.17, 15) is 14.4 Å². The normalized spacial score (nSPS) is 14.5. The van der Waals surface area contributed by atoms with Crippen LogP contribution in [0.4, 0.5) is 4.79 Å². The molecule has 4 amide bonds. The first-order valence-electron chi connectivity index (χ1n) is 6.19. The first-order valence-corrected chi connectivity index (χ1v) is 7.00. The molecule has 7 nitrogen and oxygen atoms in total. The van der Waals surface area contributed by atoms with Crippen LogP contribution in [0.25, 0.3) is 6.08 Å². The lowest BCUT2D eigenvalue weighted by Gasteiger charge is -2.13. The van der Waals surface area contributed by atoms with Crippen LogP contribution in [-0.4, -0.2) is 22.8 Å². The number of nitrogens with zero attached hydrogens (tertiary/aromatic N) is 1. The number of pyridine rings is 1. The summed E-state index contributed by atoms with van der Waals surface area (Å²) >= 11 is 1.31. The molecular formula is C14H9N3O4S. The van der Waals surface area contributed by atoms with Gasteiger partial charge in [-0.3, -0.25) is 20.2 Å². The summed E-state index contributed by atoms with van der Waals surface area (Å²) in [5.41, 5.74) is -0.191. The molecule has 1 aliphatic rings. The molecular weight excluding hydrogens is 306 g/mol. The first kappa shape index (κ1) is 14.1. The molecule has 3 rings (SSSR count). The molecule has 0 bridgehead atoms. The van der Waals surface area contributed by atoms with Crippen LogP contribution in [0.5, 0.6) is 0 Å². The van der Waals surface area contributed by atoms with E-state index >= 15 is 0 Å². The van der Waals surface area contributed by atoms with Crippen molar-refractivity contribution in [2.24, 2.45) is 0 Å². The summed E-state index contributed by atoms with van der Waals surface area (Å²) in [6.45, 7) is 0. The zero-order valence-electron chi connectivity index (χ0n) is 11.0. The molecule has 1 aliphatic heterocycles. The Balaban J connectivity index is 1.79. The Kier molecular flexibility index (Phi) is 3.75. The lowest BCUT2D eigenvalue weighted by atomic mass is 10.1. The highest BCUT2D eigenvalue weighted by Crippen LogP contribution is 2.28. The van der Waals surface area contributed by atoms with Gasteiger partial charge in [0.05, 0.1) is 0 Å². The Morgan fingerprint density at radius 2 is 1.82 bits per heavy atom. The molecule has 0 atom stereocenters. The number of aromatic nitrogens is 1. The Hall–Kier alpha value is -2.87. The molecule has 0 aliphatic carbocycles. The largest absolute Gasteiger partial charge is 0.450 e. The van der Waals surface area contributed by atoms with Crippen LogP contribution in [0.3, 0.4) is 0 Å². The van der Waals surface area contributed by atoms with Crippen molar-refractivity contribution in [2.75, 3.05) is 0 Å². The summed E-state index contributed by atoms with van der Waals surface area (Å²) in [5.74, 6) is -1.19. The molecule has 110 valence electrons. The maximum Gasteiger partial charge on any atom is 0.328 e. The van der Waals surface area contributed by atoms with Gasteiger partial charge >= 0.3 is 6.03 Å². The minimum atomic E-state index is -0.835. The number of imide groups is 2. The van der Waals surface area contributed by atoms with E-state index < -0.39 is 17.8 Å². The molecule has 3 heterocycles. The van der Waals surface area contributed by atoms with E-state index in [4.69, 9.17) is 4.42 Å². The van der Waals surface area contributed by atoms with Gasteiger partial charge in [0.1, 0.15) is 16.4 Å². The molecule has 0 radical (unpaired) electrons. The van der Waals surface area contributed by atoms with Gasteiger partial charge in [0.25, 0.3) is 11.8 Å². The highest BCUT2D eigenvalue weighted by Gasteiger charge is 2.28. The average molecular weight is 315 g/mol. The third kappa shape index (κ3) is 3.07. The number of barbiturate groups is 1. The van der Waals surface area contributed by atoms with Gasteiger partial charge in [-0.05, 0) is 42.1 Å². The number of carbonyl (C=O) groups is 3. The van der Waals surface area contributed by atoms with E-state index in [1.165, 1.54) is 17.8 Å². The van der Waals surface area contributed by atoms with Crippen molar-refractivity contribution in [3.63, 3.8) is 0 Å². The fourth-order valence-electron chi connectivity index (χ4n) is 1.73. The van der Waals surface area contributed by atoms with Crippen molar-refractivity contribution in [1.82, 2.24) is 15.6 Å². The summed E-state index contributed by atoms with van der Waals surface area (Å²) in [7, 11) is 0. The predicted molar refractivity (Wildman–Crippen MR) is 76.7 cm³/mol. The van der Waals surface area contributed by atoms with E-state index in [2.05, 4.69) is 4.98 Å². The molecule has 0 unspecified atom stereocenters. The molecule has 2 aromatic heterocycles. The average Bonchev–Trinajstić information content (AvgIpc) is 2.91. The quantitative estimate of drug-likeness (QED) is 0.658. The van der Waals surface area contributed by atoms with Crippen LogP contribution in [0, 0.1) is 0 Å². The van der Waals surface area contributed by atoms with E-state index in [1.807, 2.05) is 28.8 Å². The van der Waals surface area contributed by atoms with Crippen molar-refractivity contribution in [3.05, 3.63) is 47.9 Å². The van der Waals surface area contributed by atoms with Gasteiger partial charge in [-0.25, -0.2) is 9.78 Å². The highest BCUT2D eigenvalue weighted by molar-refractivity contribution is 7.99. The molecule has 2 N–H and O–H groups in total. The van der Waals surface area contributed by atoms with Crippen molar-refractivity contribution in [3.8, 4) is 0 Å². The number of rotatable bonds is 3. The molecule has 8 heteroatoms. The number of nitrogens with one attached hydrogen (secondary N) is 2. The van der Waals surface area contributed by atoms with Gasteiger partial charge in [0.15, 0.2) is 5.09 Å². The standard InChI is InChI=1S/C14H9N3O4S/c18-12-9(13(19)17-14(20)16-12)7-8-4-5-11(21-8)22-10-3-1-2-6-15-10/h1-7H,(H2,16,17,18,19,20). The molecule has 1 saturated heterocycles. The zero-order chi connectivity index (χ0) is 15.5.